The zero-order valence-electron chi connectivity index (χ0n) is 38.1. The molecule has 0 unspecified atom stereocenters. The van der Waals surface area contributed by atoms with E-state index >= 15 is 0 Å². The molecular formula is C57H49FIrN4O3-2. The Morgan fingerprint density at radius 1 is 0.773 bits per heavy atom. The topological polar surface area (TPSA) is 94.0 Å². The number of benzene rings is 6. The van der Waals surface area contributed by atoms with Crippen molar-refractivity contribution < 1.29 is 38.8 Å². The minimum absolute atomic E-state index is 0. The molecule has 0 spiro atoms. The number of fused-ring (bicyclic) bond motifs is 6. The fraction of sp³-hybridized carbons (Fsp3) is 0.193. The van der Waals surface area contributed by atoms with E-state index in [-0.39, 0.29) is 36.6 Å². The molecule has 0 aliphatic heterocycles. The van der Waals surface area contributed by atoms with E-state index in [2.05, 4.69) is 156 Å². The number of para-hydroxylation sites is 2. The fourth-order valence-electron chi connectivity index (χ4n) is 8.58. The smallest absolute Gasteiger partial charge is 0.292 e. The number of carbonyl (C=O) groups is 1. The Labute approximate surface area is 397 Å². The predicted octanol–water partition coefficient (Wildman–Crippen LogP) is 14.8. The summed E-state index contributed by atoms with van der Waals surface area (Å²) in [6, 6.07) is 46.1. The van der Waals surface area contributed by atoms with Crippen molar-refractivity contribution in [3.05, 3.63) is 179 Å². The Hall–Kier alpha value is -6.80. The number of carboxylic acid groups (broad SMARTS) is 1. The first-order valence-electron chi connectivity index (χ1n) is 21.9. The first kappa shape index (κ1) is 45.8. The van der Waals surface area contributed by atoms with Gasteiger partial charge in [-0.25, -0.2) is 0 Å². The number of aromatic nitrogens is 4. The van der Waals surface area contributed by atoms with Crippen LogP contribution < -0.4 is 0 Å². The average molecular weight is 1050 g/mol. The third kappa shape index (κ3) is 8.45. The number of pyridine rings is 2. The molecule has 1 N–H and O–H groups in total. The van der Waals surface area contributed by atoms with E-state index in [4.69, 9.17) is 19.5 Å². The normalized spacial score (nSPS) is 11.7. The molecule has 0 fully saturated rings. The molecule has 10 aromatic rings. The van der Waals surface area contributed by atoms with Gasteiger partial charge in [0.1, 0.15) is 5.58 Å². The van der Waals surface area contributed by atoms with Gasteiger partial charge in [-0.1, -0.05) is 156 Å². The summed E-state index contributed by atoms with van der Waals surface area (Å²) < 4.78 is 23.0. The van der Waals surface area contributed by atoms with Crippen LogP contribution >= 0.6 is 0 Å². The molecule has 4 heterocycles. The van der Waals surface area contributed by atoms with Gasteiger partial charge >= 0.3 is 0 Å². The van der Waals surface area contributed by atoms with Crippen molar-refractivity contribution in [1.29, 1.82) is 0 Å². The summed E-state index contributed by atoms with van der Waals surface area (Å²) >= 11 is 0. The average Bonchev–Trinajstić information content (AvgIpc) is 3.87. The van der Waals surface area contributed by atoms with Gasteiger partial charge in [-0.3, -0.25) is 19.2 Å². The summed E-state index contributed by atoms with van der Waals surface area (Å²) in [4.78, 5) is 25.3. The van der Waals surface area contributed by atoms with E-state index in [0.29, 0.717) is 17.5 Å². The van der Waals surface area contributed by atoms with Crippen LogP contribution in [0.15, 0.2) is 138 Å². The van der Waals surface area contributed by atoms with Gasteiger partial charge in [0.15, 0.2) is 0 Å². The zero-order chi connectivity index (χ0) is 45.7. The van der Waals surface area contributed by atoms with Crippen LogP contribution in [0.4, 0.5) is 4.39 Å². The minimum atomic E-state index is -1.18. The van der Waals surface area contributed by atoms with Gasteiger partial charge in [0, 0.05) is 48.6 Å². The fourth-order valence-corrected chi connectivity index (χ4v) is 8.58. The Morgan fingerprint density at radius 2 is 1.50 bits per heavy atom. The van der Waals surface area contributed by atoms with Crippen molar-refractivity contribution in [1.82, 2.24) is 19.5 Å². The molecule has 0 amide bonds. The summed E-state index contributed by atoms with van der Waals surface area (Å²) in [6.45, 7) is 17.4. The van der Waals surface area contributed by atoms with Gasteiger partial charge in [0.2, 0.25) is 0 Å². The SMILES string of the molecule is CC(C)(C)c1ccc(-c2[c-]cc(C(=O)O)cc2F)nc1.Cc1ccccc1-c1ccc2c(c1)oc1c(-c3nc4c5ccccc5ncc4n3-c3c(C(C)C)cccc3C(C)C)[c-]ccc12.[Ir]. The number of hydrogen-bond donors (Lipinski definition) is 1. The van der Waals surface area contributed by atoms with Crippen LogP contribution in [0.2, 0.25) is 0 Å². The molecule has 0 bridgehead atoms. The molecule has 4 aromatic heterocycles. The van der Waals surface area contributed by atoms with Crippen LogP contribution in [0.5, 0.6) is 0 Å². The number of halogens is 1. The van der Waals surface area contributed by atoms with Crippen molar-refractivity contribution in [2.75, 3.05) is 0 Å². The van der Waals surface area contributed by atoms with Crippen molar-refractivity contribution in [2.24, 2.45) is 0 Å². The summed E-state index contributed by atoms with van der Waals surface area (Å²) in [5.74, 6) is -0.392. The van der Waals surface area contributed by atoms with Crippen LogP contribution in [0, 0.1) is 24.9 Å². The summed E-state index contributed by atoms with van der Waals surface area (Å²) in [6.07, 6.45) is 3.68. The first-order valence-corrected chi connectivity index (χ1v) is 21.9. The number of carboxylic acids is 1. The van der Waals surface area contributed by atoms with Gasteiger partial charge < -0.3 is 19.1 Å². The first-order chi connectivity index (χ1) is 31.2. The molecule has 0 atom stereocenters. The van der Waals surface area contributed by atoms with Crippen LogP contribution in [0.1, 0.15) is 92.9 Å². The number of rotatable bonds is 7. The molecule has 333 valence electrons. The molecule has 0 aliphatic rings. The number of aromatic carboxylic acids is 1. The van der Waals surface area contributed by atoms with Gasteiger partial charge in [0.25, 0.3) is 5.97 Å². The Bertz CT molecular complexity index is 3410. The second kappa shape index (κ2) is 18.2. The van der Waals surface area contributed by atoms with E-state index in [1.165, 1.54) is 34.0 Å². The molecule has 10 rings (SSSR count). The maximum absolute atomic E-state index is 13.9. The Kier molecular flexibility index (Phi) is 12.6. The predicted molar refractivity (Wildman–Crippen MR) is 260 cm³/mol. The van der Waals surface area contributed by atoms with Crippen LogP contribution in [-0.4, -0.2) is 30.6 Å². The van der Waals surface area contributed by atoms with Gasteiger partial charge in [-0.2, -0.15) is 0 Å². The minimum Gasteiger partial charge on any atom is -0.501 e. The maximum atomic E-state index is 13.9. The van der Waals surface area contributed by atoms with Crippen LogP contribution in [-0.2, 0) is 25.5 Å². The third-order valence-corrected chi connectivity index (χ3v) is 12.1. The van der Waals surface area contributed by atoms with Crippen molar-refractivity contribution >= 4 is 49.8 Å². The van der Waals surface area contributed by atoms with E-state index < -0.39 is 11.8 Å². The van der Waals surface area contributed by atoms with E-state index in [0.717, 1.165) is 72.5 Å². The maximum Gasteiger partial charge on any atom is 0.292 e. The molecule has 0 aliphatic carbocycles. The monoisotopic (exact) mass is 1050 g/mol. The summed E-state index contributed by atoms with van der Waals surface area (Å²) in [5.41, 5.74) is 14.1. The number of aryl methyl sites for hydroxylation is 1. The van der Waals surface area contributed by atoms with Gasteiger partial charge in [-0.15, -0.1) is 30.3 Å². The van der Waals surface area contributed by atoms with E-state index in [1.807, 2.05) is 30.5 Å². The molecule has 6 aromatic carbocycles. The molecule has 0 saturated carbocycles. The Morgan fingerprint density at radius 3 is 2.17 bits per heavy atom. The standard InChI is InChI=1S/C41H34N3O.C16H15FNO2.Ir/c1-24(2)28-15-10-16-29(25(3)4)39(28)44-36-23-42-35-19-9-8-14-33(35)38(36)43-41(44)34-18-11-17-32-31-21-20-27(22-37(31)45-40(32)34)30-13-7-6-12-26(30)5;1-16(2,3)11-5-7-14(18-9-11)12-6-4-10(15(19)20)8-13(12)17;/h6-17,19-25H,1-5H3;4-5,7-9H,1-3H3,(H,19,20);/q2*-1;. The molecule has 9 heteroatoms. The number of nitrogens with zero attached hydrogens (tertiary/aromatic N) is 4. The summed E-state index contributed by atoms with van der Waals surface area (Å²) in [7, 11) is 0. The molecule has 1 radical (unpaired) electrons. The second-order valence-corrected chi connectivity index (χ2v) is 18.2. The van der Waals surface area contributed by atoms with E-state index in [1.54, 1.807) is 12.3 Å². The van der Waals surface area contributed by atoms with E-state index in [9.17, 15) is 9.18 Å². The number of imidazole rings is 1. The number of hydrogen-bond acceptors (Lipinski definition) is 5. The second-order valence-electron chi connectivity index (χ2n) is 18.2. The number of furan rings is 1. The zero-order valence-corrected chi connectivity index (χ0v) is 40.5. The molecule has 7 nitrogen and oxygen atoms in total. The van der Waals surface area contributed by atoms with Crippen molar-refractivity contribution in [2.45, 2.75) is 72.6 Å². The largest absolute Gasteiger partial charge is 0.501 e. The molecular weight excluding hydrogens is 1000 g/mol. The quantitative estimate of drug-likeness (QED) is 0.160. The van der Waals surface area contributed by atoms with Gasteiger partial charge in [-0.05, 0) is 80.9 Å². The van der Waals surface area contributed by atoms with Crippen molar-refractivity contribution in [3.63, 3.8) is 0 Å². The van der Waals surface area contributed by atoms with Crippen LogP contribution in [0.3, 0.4) is 0 Å². The molecule has 66 heavy (non-hydrogen) atoms. The molecule has 0 saturated heterocycles. The van der Waals surface area contributed by atoms with Crippen LogP contribution in [0.25, 0.3) is 83.3 Å². The van der Waals surface area contributed by atoms with Gasteiger partial charge in [0.05, 0.1) is 34.2 Å². The Balaban J connectivity index is 0.000000238. The summed E-state index contributed by atoms with van der Waals surface area (Å²) in [5, 5.41) is 12.0. The van der Waals surface area contributed by atoms with Crippen molar-refractivity contribution in [3.8, 4) is 39.5 Å². The third-order valence-electron chi connectivity index (χ3n) is 12.1.